The van der Waals surface area contributed by atoms with Crippen molar-refractivity contribution in [3.05, 3.63) is 48.0 Å². The van der Waals surface area contributed by atoms with Crippen LogP contribution in [0.4, 0.5) is 0 Å². The highest BCUT2D eigenvalue weighted by atomic mass is 15.3. The Bertz CT molecular complexity index is 762. The van der Waals surface area contributed by atoms with Crippen molar-refractivity contribution in [2.24, 2.45) is 0 Å². The largest absolute Gasteiger partial charge is 0.326 e. The molecule has 0 N–H and O–H groups in total. The zero-order valence-corrected chi connectivity index (χ0v) is 11.3. The Labute approximate surface area is 117 Å². The predicted octanol–water partition coefficient (Wildman–Crippen LogP) is 2.56. The summed E-state index contributed by atoms with van der Waals surface area (Å²) in [7, 11) is 0. The lowest BCUT2D eigenvalue weighted by Gasteiger charge is -2.07. The van der Waals surface area contributed by atoms with Crippen LogP contribution in [0.1, 0.15) is 24.7 Å². The lowest BCUT2D eigenvalue weighted by atomic mass is 10.2. The van der Waals surface area contributed by atoms with E-state index in [1.165, 1.54) is 0 Å². The van der Waals surface area contributed by atoms with Gasteiger partial charge in [0, 0.05) is 18.9 Å². The van der Waals surface area contributed by atoms with Crippen LogP contribution in [0, 0.1) is 11.3 Å². The third-order valence-corrected chi connectivity index (χ3v) is 3.27. The summed E-state index contributed by atoms with van der Waals surface area (Å²) in [6.45, 7) is 3.70. The molecule has 0 aliphatic carbocycles. The van der Waals surface area contributed by atoms with E-state index in [1.807, 2.05) is 35.1 Å². The molecule has 2 heterocycles. The van der Waals surface area contributed by atoms with Crippen LogP contribution in [0.5, 0.6) is 0 Å². The fourth-order valence-corrected chi connectivity index (χ4v) is 2.38. The molecule has 0 amide bonds. The SMILES string of the molecule is CCCn1c(Cn2cccn2)nc2cc(C#N)ccc21. The van der Waals surface area contributed by atoms with Crippen LogP contribution < -0.4 is 0 Å². The second-order valence-corrected chi connectivity index (χ2v) is 4.70. The number of hydrogen-bond acceptors (Lipinski definition) is 3. The maximum atomic E-state index is 8.99. The van der Waals surface area contributed by atoms with E-state index in [0.29, 0.717) is 12.1 Å². The molecule has 0 unspecified atom stereocenters. The molecule has 0 bridgehead atoms. The van der Waals surface area contributed by atoms with Crippen molar-refractivity contribution >= 4 is 11.0 Å². The topological polar surface area (TPSA) is 59.4 Å². The number of hydrogen-bond donors (Lipinski definition) is 0. The van der Waals surface area contributed by atoms with Crippen molar-refractivity contribution in [1.29, 1.82) is 5.26 Å². The number of rotatable bonds is 4. The fraction of sp³-hybridized carbons (Fsp3) is 0.267. The molecule has 0 fully saturated rings. The Morgan fingerprint density at radius 2 is 2.25 bits per heavy atom. The molecular weight excluding hydrogens is 250 g/mol. The summed E-state index contributed by atoms with van der Waals surface area (Å²) in [6, 6.07) is 9.72. The summed E-state index contributed by atoms with van der Waals surface area (Å²) in [5.74, 6) is 0.973. The molecule has 0 aliphatic rings. The highest BCUT2D eigenvalue weighted by Crippen LogP contribution is 2.19. The highest BCUT2D eigenvalue weighted by Gasteiger charge is 2.11. The molecule has 0 saturated carbocycles. The number of fused-ring (bicyclic) bond motifs is 1. The first-order chi connectivity index (χ1) is 9.81. The van der Waals surface area contributed by atoms with Gasteiger partial charge in [0.25, 0.3) is 0 Å². The maximum absolute atomic E-state index is 8.99. The number of nitriles is 1. The van der Waals surface area contributed by atoms with E-state index in [2.05, 4.69) is 27.6 Å². The van der Waals surface area contributed by atoms with E-state index in [0.717, 1.165) is 29.8 Å². The molecular formula is C15H15N5. The average Bonchev–Trinajstić information content (AvgIpc) is 3.08. The second kappa shape index (κ2) is 5.17. The molecule has 0 saturated heterocycles. The number of imidazole rings is 1. The lowest BCUT2D eigenvalue weighted by Crippen LogP contribution is -2.09. The summed E-state index contributed by atoms with van der Waals surface area (Å²) in [4.78, 5) is 4.67. The van der Waals surface area contributed by atoms with Gasteiger partial charge in [0.05, 0.1) is 29.2 Å². The van der Waals surface area contributed by atoms with Crippen LogP contribution >= 0.6 is 0 Å². The maximum Gasteiger partial charge on any atom is 0.131 e. The summed E-state index contributed by atoms with van der Waals surface area (Å²) in [5, 5.41) is 13.2. The van der Waals surface area contributed by atoms with Gasteiger partial charge in [0.2, 0.25) is 0 Å². The van der Waals surface area contributed by atoms with Crippen molar-refractivity contribution in [2.75, 3.05) is 0 Å². The Morgan fingerprint density at radius 3 is 2.95 bits per heavy atom. The third-order valence-electron chi connectivity index (χ3n) is 3.27. The van der Waals surface area contributed by atoms with E-state index in [4.69, 9.17) is 5.26 Å². The van der Waals surface area contributed by atoms with Crippen LogP contribution in [0.15, 0.2) is 36.7 Å². The molecule has 0 atom stereocenters. The van der Waals surface area contributed by atoms with E-state index in [9.17, 15) is 0 Å². The minimum atomic E-state index is 0.642. The van der Waals surface area contributed by atoms with Crippen LogP contribution in [-0.2, 0) is 13.1 Å². The molecule has 0 spiro atoms. The Hall–Kier alpha value is -2.61. The van der Waals surface area contributed by atoms with Gasteiger partial charge in [-0.3, -0.25) is 4.68 Å². The number of benzene rings is 1. The summed E-state index contributed by atoms with van der Waals surface area (Å²) in [5.41, 5.74) is 2.59. The smallest absolute Gasteiger partial charge is 0.131 e. The van der Waals surface area contributed by atoms with Crippen LogP contribution in [-0.4, -0.2) is 19.3 Å². The van der Waals surface area contributed by atoms with E-state index >= 15 is 0 Å². The number of aryl methyl sites for hydroxylation is 1. The quantitative estimate of drug-likeness (QED) is 0.728. The van der Waals surface area contributed by atoms with Gasteiger partial charge in [-0.25, -0.2) is 4.98 Å². The normalized spacial score (nSPS) is 10.8. The summed E-state index contributed by atoms with van der Waals surface area (Å²) < 4.78 is 4.07. The van der Waals surface area contributed by atoms with Crippen molar-refractivity contribution in [2.45, 2.75) is 26.4 Å². The van der Waals surface area contributed by atoms with Crippen molar-refractivity contribution in [3.63, 3.8) is 0 Å². The van der Waals surface area contributed by atoms with Gasteiger partial charge in [-0.1, -0.05) is 6.92 Å². The Balaban J connectivity index is 2.09. The third kappa shape index (κ3) is 2.16. The average molecular weight is 265 g/mol. The lowest BCUT2D eigenvalue weighted by molar-refractivity contribution is 0.593. The number of nitrogens with zero attached hydrogens (tertiary/aromatic N) is 5. The van der Waals surface area contributed by atoms with Crippen molar-refractivity contribution in [3.8, 4) is 6.07 Å². The standard InChI is InChI=1S/C15H15N5/c1-2-7-20-14-5-4-12(10-16)9-13(14)18-15(20)11-19-8-3-6-17-19/h3-6,8-9H,2,7,11H2,1H3. The van der Waals surface area contributed by atoms with Crippen molar-refractivity contribution < 1.29 is 0 Å². The van der Waals surface area contributed by atoms with Gasteiger partial charge in [0.15, 0.2) is 0 Å². The molecule has 0 aliphatic heterocycles. The van der Waals surface area contributed by atoms with Gasteiger partial charge in [-0.05, 0) is 30.7 Å². The van der Waals surface area contributed by atoms with Crippen LogP contribution in [0.3, 0.4) is 0 Å². The molecule has 20 heavy (non-hydrogen) atoms. The van der Waals surface area contributed by atoms with Gasteiger partial charge < -0.3 is 4.57 Å². The monoisotopic (exact) mass is 265 g/mol. The molecule has 5 heteroatoms. The summed E-state index contributed by atoms with van der Waals surface area (Å²) in [6.07, 6.45) is 4.73. The zero-order valence-electron chi connectivity index (χ0n) is 11.3. The second-order valence-electron chi connectivity index (χ2n) is 4.70. The zero-order chi connectivity index (χ0) is 13.9. The molecule has 5 nitrogen and oxygen atoms in total. The van der Waals surface area contributed by atoms with E-state index in [1.54, 1.807) is 6.20 Å². The molecule has 3 rings (SSSR count). The van der Waals surface area contributed by atoms with Crippen LogP contribution in [0.2, 0.25) is 0 Å². The molecule has 1 aromatic carbocycles. The van der Waals surface area contributed by atoms with E-state index < -0.39 is 0 Å². The number of aromatic nitrogens is 4. The predicted molar refractivity (Wildman–Crippen MR) is 76.1 cm³/mol. The van der Waals surface area contributed by atoms with Gasteiger partial charge >= 0.3 is 0 Å². The highest BCUT2D eigenvalue weighted by molar-refractivity contribution is 5.77. The minimum absolute atomic E-state index is 0.642. The molecule has 2 aromatic heterocycles. The molecule has 0 radical (unpaired) electrons. The van der Waals surface area contributed by atoms with Crippen molar-refractivity contribution in [1.82, 2.24) is 19.3 Å². The molecule has 3 aromatic rings. The van der Waals surface area contributed by atoms with Gasteiger partial charge in [-0.2, -0.15) is 10.4 Å². The first-order valence-electron chi connectivity index (χ1n) is 6.68. The van der Waals surface area contributed by atoms with Gasteiger partial charge in [0.1, 0.15) is 5.82 Å². The summed E-state index contributed by atoms with van der Waals surface area (Å²) >= 11 is 0. The molecule has 100 valence electrons. The first kappa shape index (κ1) is 12.4. The van der Waals surface area contributed by atoms with Gasteiger partial charge in [-0.15, -0.1) is 0 Å². The Morgan fingerprint density at radius 1 is 1.35 bits per heavy atom. The minimum Gasteiger partial charge on any atom is -0.326 e. The van der Waals surface area contributed by atoms with Crippen LogP contribution in [0.25, 0.3) is 11.0 Å². The fourth-order valence-electron chi connectivity index (χ4n) is 2.38. The Kier molecular flexibility index (Phi) is 3.21. The van der Waals surface area contributed by atoms with E-state index in [-0.39, 0.29) is 0 Å². The first-order valence-corrected chi connectivity index (χ1v) is 6.68.